The smallest absolute Gasteiger partial charge is 0.223 e. The van der Waals surface area contributed by atoms with Crippen LogP contribution in [0.2, 0.25) is 0 Å². The summed E-state index contributed by atoms with van der Waals surface area (Å²) in [5, 5.41) is 5.25. The summed E-state index contributed by atoms with van der Waals surface area (Å²) >= 11 is 1.42. The number of nitrogens with one attached hydrogen (secondary N) is 1. The van der Waals surface area contributed by atoms with E-state index in [1.165, 1.54) is 23.8 Å². The number of carbonyl (C=O) groups is 1. The van der Waals surface area contributed by atoms with Gasteiger partial charge in [0.2, 0.25) is 5.91 Å². The quantitative estimate of drug-likeness (QED) is 0.887. The van der Waals surface area contributed by atoms with Gasteiger partial charge < -0.3 is 11.1 Å². The number of hydrogen-bond donors (Lipinski definition) is 2. The maximum Gasteiger partial charge on any atom is 0.223 e. The van der Waals surface area contributed by atoms with Crippen molar-refractivity contribution < 1.29 is 4.79 Å². The van der Waals surface area contributed by atoms with Gasteiger partial charge in [0.25, 0.3) is 0 Å². The van der Waals surface area contributed by atoms with E-state index in [-0.39, 0.29) is 5.91 Å². The van der Waals surface area contributed by atoms with Crippen LogP contribution in [0.25, 0.3) is 11.3 Å². The number of thiazole rings is 1. The number of aromatic nitrogens is 1. The van der Waals surface area contributed by atoms with Gasteiger partial charge in [0.15, 0.2) is 5.13 Å². The molecule has 0 aliphatic carbocycles. The molecule has 4 nitrogen and oxygen atoms in total. The van der Waals surface area contributed by atoms with Gasteiger partial charge in [-0.3, -0.25) is 4.79 Å². The Bertz CT molecular complexity index is 551. The number of nitrogens with two attached hydrogens (primary N) is 1. The Hall–Kier alpha value is -1.72. The third-order valence-electron chi connectivity index (χ3n) is 2.44. The number of carbonyl (C=O) groups excluding carboxylic acids is 1. The van der Waals surface area contributed by atoms with Crippen molar-refractivity contribution in [3.05, 3.63) is 35.2 Å². The van der Waals surface area contributed by atoms with Crippen LogP contribution in [-0.2, 0) is 11.2 Å². The lowest BCUT2D eigenvalue weighted by Gasteiger charge is -2.01. The topological polar surface area (TPSA) is 68.0 Å². The van der Waals surface area contributed by atoms with E-state index in [0.717, 1.165) is 17.7 Å². The second-order valence-corrected chi connectivity index (χ2v) is 4.82. The first-order chi connectivity index (χ1) is 8.69. The average molecular weight is 261 g/mol. The molecule has 0 saturated carbocycles. The van der Waals surface area contributed by atoms with Crippen molar-refractivity contribution in [1.82, 2.24) is 4.98 Å². The van der Waals surface area contributed by atoms with E-state index in [1.807, 2.05) is 17.5 Å². The van der Waals surface area contributed by atoms with Crippen LogP contribution in [0.15, 0.2) is 29.6 Å². The van der Waals surface area contributed by atoms with Crippen LogP contribution in [0, 0.1) is 0 Å². The number of rotatable bonds is 4. The molecule has 0 aliphatic heterocycles. The van der Waals surface area contributed by atoms with Gasteiger partial charge in [0, 0.05) is 17.9 Å². The molecule has 2 aromatic rings. The highest BCUT2D eigenvalue weighted by atomic mass is 32.1. The fraction of sp³-hybridized carbons (Fsp3) is 0.231. The minimum Gasteiger partial charge on any atom is -0.330 e. The molecule has 94 valence electrons. The molecule has 0 aliphatic rings. The molecule has 0 spiro atoms. The largest absolute Gasteiger partial charge is 0.330 e. The summed E-state index contributed by atoms with van der Waals surface area (Å²) in [4.78, 5) is 15.3. The normalized spacial score (nSPS) is 10.3. The monoisotopic (exact) mass is 261 g/mol. The second-order valence-electron chi connectivity index (χ2n) is 3.96. The first kappa shape index (κ1) is 12.7. The number of hydrogen-bond acceptors (Lipinski definition) is 4. The van der Waals surface area contributed by atoms with Gasteiger partial charge in [-0.25, -0.2) is 4.98 Å². The van der Waals surface area contributed by atoms with Crippen molar-refractivity contribution in [1.29, 1.82) is 0 Å². The van der Waals surface area contributed by atoms with E-state index in [0.29, 0.717) is 11.7 Å². The van der Waals surface area contributed by atoms with Crippen LogP contribution in [0.1, 0.15) is 12.5 Å². The Morgan fingerprint density at radius 2 is 2.33 bits per heavy atom. The molecule has 3 N–H and O–H groups in total. The van der Waals surface area contributed by atoms with Gasteiger partial charge >= 0.3 is 0 Å². The molecule has 2 rings (SSSR count). The highest BCUT2D eigenvalue weighted by molar-refractivity contribution is 7.14. The Kier molecular flexibility index (Phi) is 4.07. The summed E-state index contributed by atoms with van der Waals surface area (Å²) < 4.78 is 0. The van der Waals surface area contributed by atoms with E-state index in [9.17, 15) is 4.79 Å². The Morgan fingerprint density at radius 3 is 3.06 bits per heavy atom. The maximum absolute atomic E-state index is 10.9. The van der Waals surface area contributed by atoms with Crippen molar-refractivity contribution >= 4 is 22.4 Å². The van der Waals surface area contributed by atoms with Crippen LogP contribution >= 0.6 is 11.3 Å². The summed E-state index contributed by atoms with van der Waals surface area (Å²) in [6.45, 7) is 2.11. The van der Waals surface area contributed by atoms with Crippen LogP contribution in [0.5, 0.6) is 0 Å². The minimum atomic E-state index is -0.104. The molecule has 0 unspecified atom stereocenters. The Morgan fingerprint density at radius 1 is 1.50 bits per heavy atom. The molecule has 18 heavy (non-hydrogen) atoms. The van der Waals surface area contributed by atoms with E-state index >= 15 is 0 Å². The third-order valence-corrected chi connectivity index (χ3v) is 3.20. The molecule has 0 atom stereocenters. The first-order valence-corrected chi connectivity index (χ1v) is 6.59. The third kappa shape index (κ3) is 3.15. The highest BCUT2D eigenvalue weighted by Crippen LogP contribution is 2.25. The SMILES string of the molecule is CC(=O)Nc1nc(-c2cccc(CCN)c2)cs1. The molecule has 1 heterocycles. The molecule has 0 saturated heterocycles. The fourth-order valence-electron chi connectivity index (χ4n) is 1.67. The summed E-state index contributed by atoms with van der Waals surface area (Å²) in [5.74, 6) is -0.104. The second kappa shape index (κ2) is 5.75. The molecule has 0 fully saturated rings. The number of benzene rings is 1. The van der Waals surface area contributed by atoms with E-state index in [1.54, 1.807) is 0 Å². The molecular formula is C13H15N3OS. The lowest BCUT2D eigenvalue weighted by molar-refractivity contribution is -0.114. The fourth-order valence-corrected chi connectivity index (χ4v) is 2.43. The molecule has 1 aromatic heterocycles. The van der Waals surface area contributed by atoms with Gasteiger partial charge in [-0.05, 0) is 24.6 Å². The van der Waals surface area contributed by atoms with Crippen LogP contribution in [-0.4, -0.2) is 17.4 Å². The molecule has 0 radical (unpaired) electrons. The Balaban J connectivity index is 2.22. The lowest BCUT2D eigenvalue weighted by Crippen LogP contribution is -2.05. The molecule has 1 aromatic carbocycles. The Labute approximate surface area is 110 Å². The number of amides is 1. The van der Waals surface area contributed by atoms with Crippen LogP contribution in [0.3, 0.4) is 0 Å². The number of nitrogens with zero attached hydrogens (tertiary/aromatic N) is 1. The summed E-state index contributed by atoms with van der Waals surface area (Å²) in [6, 6.07) is 8.14. The zero-order chi connectivity index (χ0) is 13.0. The van der Waals surface area contributed by atoms with Crippen molar-refractivity contribution in [3.63, 3.8) is 0 Å². The maximum atomic E-state index is 10.9. The minimum absolute atomic E-state index is 0.104. The lowest BCUT2D eigenvalue weighted by atomic mass is 10.1. The van der Waals surface area contributed by atoms with Crippen molar-refractivity contribution in [3.8, 4) is 11.3 Å². The number of anilines is 1. The van der Waals surface area contributed by atoms with Gasteiger partial charge in [0.05, 0.1) is 5.69 Å². The van der Waals surface area contributed by atoms with Crippen molar-refractivity contribution in [2.45, 2.75) is 13.3 Å². The summed E-state index contributed by atoms with van der Waals surface area (Å²) in [7, 11) is 0. The van der Waals surface area contributed by atoms with E-state index in [2.05, 4.69) is 22.4 Å². The predicted octanol–water partition coefficient (Wildman–Crippen LogP) is 2.27. The zero-order valence-corrected chi connectivity index (χ0v) is 11.0. The van der Waals surface area contributed by atoms with Gasteiger partial charge in [-0.15, -0.1) is 11.3 Å². The van der Waals surface area contributed by atoms with Crippen LogP contribution in [0.4, 0.5) is 5.13 Å². The molecule has 5 heteroatoms. The average Bonchev–Trinajstić information content (AvgIpc) is 2.77. The highest BCUT2D eigenvalue weighted by Gasteiger charge is 2.06. The van der Waals surface area contributed by atoms with Gasteiger partial charge in [0.1, 0.15) is 0 Å². The van der Waals surface area contributed by atoms with Gasteiger partial charge in [-0.1, -0.05) is 18.2 Å². The molecule has 0 bridgehead atoms. The summed E-state index contributed by atoms with van der Waals surface area (Å²) in [5.41, 5.74) is 8.67. The van der Waals surface area contributed by atoms with E-state index in [4.69, 9.17) is 5.73 Å². The molecular weight excluding hydrogens is 246 g/mol. The van der Waals surface area contributed by atoms with Crippen LogP contribution < -0.4 is 11.1 Å². The predicted molar refractivity (Wildman–Crippen MR) is 74.6 cm³/mol. The van der Waals surface area contributed by atoms with Crippen molar-refractivity contribution in [2.75, 3.05) is 11.9 Å². The summed E-state index contributed by atoms with van der Waals surface area (Å²) in [6.07, 6.45) is 0.858. The zero-order valence-electron chi connectivity index (χ0n) is 10.1. The van der Waals surface area contributed by atoms with Gasteiger partial charge in [-0.2, -0.15) is 0 Å². The standard InChI is InChI=1S/C13H15N3OS/c1-9(17)15-13-16-12(8-18-13)11-4-2-3-10(7-11)5-6-14/h2-4,7-8H,5-6,14H2,1H3,(H,15,16,17). The van der Waals surface area contributed by atoms with Crippen molar-refractivity contribution in [2.24, 2.45) is 5.73 Å². The van der Waals surface area contributed by atoms with E-state index < -0.39 is 0 Å². The molecule has 1 amide bonds. The first-order valence-electron chi connectivity index (χ1n) is 5.71.